The first kappa shape index (κ1) is 18.0. The zero-order valence-corrected chi connectivity index (χ0v) is 13.0. The van der Waals surface area contributed by atoms with Crippen molar-refractivity contribution >= 4 is 5.97 Å². The fourth-order valence-corrected chi connectivity index (χ4v) is 2.41. The number of carbonyl (C=O) groups is 1. The minimum absolute atomic E-state index is 0.127. The average Bonchev–Trinajstić information content (AvgIpc) is 2.55. The Hall–Kier alpha value is -2.34. The Labute approximate surface area is 138 Å². The van der Waals surface area contributed by atoms with Gasteiger partial charge in [-0.25, -0.2) is 0 Å². The van der Waals surface area contributed by atoms with Crippen LogP contribution >= 0.6 is 0 Å². The molecule has 2 atom stereocenters. The van der Waals surface area contributed by atoms with Crippen molar-refractivity contribution in [2.45, 2.75) is 25.1 Å². The van der Waals surface area contributed by atoms with E-state index in [1.807, 2.05) is 6.92 Å². The Morgan fingerprint density at radius 2 is 1.62 bits per heavy atom. The van der Waals surface area contributed by atoms with Crippen molar-refractivity contribution in [2.75, 3.05) is 6.54 Å². The molecule has 0 aliphatic heterocycles. The highest BCUT2D eigenvalue weighted by atomic mass is 19.4. The predicted molar refractivity (Wildman–Crippen MR) is 84.7 cm³/mol. The summed E-state index contributed by atoms with van der Waals surface area (Å²) in [4.78, 5) is 11.4. The fourth-order valence-electron chi connectivity index (χ4n) is 2.41. The average molecular weight is 337 g/mol. The lowest BCUT2D eigenvalue weighted by atomic mass is 9.98. The number of carboxylic acid groups (broad SMARTS) is 1. The predicted octanol–water partition coefficient (Wildman–Crippen LogP) is 4.22. The van der Waals surface area contributed by atoms with Gasteiger partial charge in [0.1, 0.15) is 6.04 Å². The lowest BCUT2D eigenvalue weighted by Gasteiger charge is -2.19. The number of alkyl halides is 3. The molecule has 0 amide bonds. The number of benzene rings is 2. The number of hydrogen-bond donors (Lipinski definition) is 2. The molecule has 1 unspecified atom stereocenters. The van der Waals surface area contributed by atoms with Crippen molar-refractivity contribution in [2.24, 2.45) is 0 Å². The van der Waals surface area contributed by atoms with E-state index in [4.69, 9.17) is 0 Å². The van der Waals surface area contributed by atoms with Crippen LogP contribution in [0.1, 0.15) is 35.6 Å². The van der Waals surface area contributed by atoms with Crippen LogP contribution in [0.25, 0.3) is 0 Å². The van der Waals surface area contributed by atoms with Gasteiger partial charge in [0.25, 0.3) is 0 Å². The number of carboxylic acids is 1. The van der Waals surface area contributed by atoms with Crippen molar-refractivity contribution in [1.82, 2.24) is 5.32 Å². The summed E-state index contributed by atoms with van der Waals surface area (Å²) >= 11 is 0. The summed E-state index contributed by atoms with van der Waals surface area (Å²) in [7, 11) is 0. The van der Waals surface area contributed by atoms with Gasteiger partial charge in [0.05, 0.1) is 5.56 Å². The van der Waals surface area contributed by atoms with Gasteiger partial charge in [0, 0.05) is 6.54 Å². The molecule has 0 spiro atoms. The molecule has 3 nitrogen and oxygen atoms in total. The maximum Gasteiger partial charge on any atom is 0.416 e. The Kier molecular flexibility index (Phi) is 5.62. The van der Waals surface area contributed by atoms with Gasteiger partial charge in [-0.2, -0.15) is 13.2 Å². The Bertz CT molecular complexity index is 669. The Morgan fingerprint density at radius 3 is 2.12 bits per heavy atom. The topological polar surface area (TPSA) is 49.3 Å². The lowest BCUT2D eigenvalue weighted by Crippen LogP contribution is -2.31. The molecule has 2 rings (SSSR count). The van der Waals surface area contributed by atoms with E-state index >= 15 is 0 Å². The zero-order chi connectivity index (χ0) is 17.7. The van der Waals surface area contributed by atoms with Crippen molar-refractivity contribution in [3.05, 3.63) is 71.3 Å². The lowest BCUT2D eigenvalue weighted by molar-refractivity contribution is -0.140. The largest absolute Gasteiger partial charge is 0.480 e. The maximum absolute atomic E-state index is 12.6. The first-order chi connectivity index (χ1) is 11.3. The first-order valence-corrected chi connectivity index (χ1v) is 7.47. The van der Waals surface area contributed by atoms with Crippen molar-refractivity contribution in [1.29, 1.82) is 0 Å². The molecule has 0 aliphatic rings. The molecule has 6 heteroatoms. The van der Waals surface area contributed by atoms with Gasteiger partial charge in [0.15, 0.2) is 0 Å². The summed E-state index contributed by atoms with van der Waals surface area (Å²) in [6.45, 7) is 2.16. The summed E-state index contributed by atoms with van der Waals surface area (Å²) < 4.78 is 37.7. The number of aliphatic carboxylic acids is 1. The van der Waals surface area contributed by atoms with Crippen molar-refractivity contribution in [3.8, 4) is 0 Å². The first-order valence-electron chi connectivity index (χ1n) is 7.47. The van der Waals surface area contributed by atoms with Crippen molar-refractivity contribution in [3.63, 3.8) is 0 Å². The van der Waals surface area contributed by atoms with Crippen LogP contribution in [-0.2, 0) is 11.0 Å². The third-order valence-corrected chi connectivity index (χ3v) is 3.82. The molecule has 0 aliphatic carbocycles. The molecule has 0 heterocycles. The molecule has 0 saturated carbocycles. The second kappa shape index (κ2) is 7.49. The highest BCUT2D eigenvalue weighted by Crippen LogP contribution is 2.30. The Morgan fingerprint density at radius 1 is 1.04 bits per heavy atom. The summed E-state index contributed by atoms with van der Waals surface area (Å²) in [6.07, 6.45) is -4.36. The maximum atomic E-state index is 12.6. The quantitative estimate of drug-likeness (QED) is 0.829. The molecule has 0 bridgehead atoms. The third-order valence-electron chi connectivity index (χ3n) is 3.82. The number of rotatable bonds is 6. The molecule has 0 radical (unpaired) electrons. The van der Waals surface area contributed by atoms with E-state index in [2.05, 4.69) is 5.32 Å². The molecule has 2 aromatic carbocycles. The van der Waals surface area contributed by atoms with Crippen LogP contribution in [0.4, 0.5) is 13.2 Å². The van der Waals surface area contributed by atoms with Gasteiger partial charge in [0.2, 0.25) is 0 Å². The van der Waals surface area contributed by atoms with E-state index in [0.717, 1.165) is 12.1 Å². The molecular weight excluding hydrogens is 319 g/mol. The number of halogens is 3. The van der Waals surface area contributed by atoms with Crippen LogP contribution in [0, 0.1) is 0 Å². The van der Waals surface area contributed by atoms with E-state index < -0.39 is 23.8 Å². The Balaban J connectivity index is 2.03. The van der Waals surface area contributed by atoms with E-state index in [-0.39, 0.29) is 5.92 Å². The van der Waals surface area contributed by atoms with E-state index in [0.29, 0.717) is 17.7 Å². The normalized spacial score (nSPS) is 14.2. The summed E-state index contributed by atoms with van der Waals surface area (Å²) in [6, 6.07) is 12.8. The van der Waals surface area contributed by atoms with Crippen LogP contribution in [0.5, 0.6) is 0 Å². The summed E-state index contributed by atoms with van der Waals surface area (Å²) in [5.74, 6) is -1.13. The fraction of sp³-hybridized carbons (Fsp3) is 0.278. The van der Waals surface area contributed by atoms with Crippen LogP contribution in [0.2, 0.25) is 0 Å². The van der Waals surface area contributed by atoms with Crippen LogP contribution in [0.15, 0.2) is 54.6 Å². The van der Waals surface area contributed by atoms with E-state index in [9.17, 15) is 23.1 Å². The SMILES string of the molecule is CC(CN[C@H](C(=O)O)c1ccccc1)c1ccc(C(F)(F)F)cc1. The standard InChI is InChI=1S/C18H18F3NO2/c1-12(13-7-9-15(10-8-13)18(19,20)21)11-22-16(17(23)24)14-5-3-2-4-6-14/h2-10,12,16,22H,11H2,1H3,(H,23,24)/t12?,16-/m0/s1. The summed E-state index contributed by atoms with van der Waals surface area (Å²) in [5.41, 5.74) is 0.649. The molecule has 24 heavy (non-hydrogen) atoms. The van der Waals surface area contributed by atoms with Crippen LogP contribution < -0.4 is 5.32 Å². The molecule has 0 saturated heterocycles. The molecule has 2 N–H and O–H groups in total. The minimum Gasteiger partial charge on any atom is -0.480 e. The second-order valence-electron chi connectivity index (χ2n) is 5.61. The van der Waals surface area contributed by atoms with Gasteiger partial charge >= 0.3 is 12.1 Å². The van der Waals surface area contributed by atoms with Gasteiger partial charge in [-0.15, -0.1) is 0 Å². The van der Waals surface area contributed by atoms with Gasteiger partial charge in [-0.3, -0.25) is 4.79 Å². The molecule has 2 aromatic rings. The van der Waals surface area contributed by atoms with E-state index in [1.54, 1.807) is 30.3 Å². The van der Waals surface area contributed by atoms with Gasteiger partial charge < -0.3 is 10.4 Å². The monoisotopic (exact) mass is 337 g/mol. The zero-order valence-electron chi connectivity index (χ0n) is 13.0. The van der Waals surface area contributed by atoms with Crippen LogP contribution in [-0.4, -0.2) is 17.6 Å². The van der Waals surface area contributed by atoms with Gasteiger partial charge in [-0.05, 0) is 29.2 Å². The third kappa shape index (κ3) is 4.58. The highest BCUT2D eigenvalue weighted by Gasteiger charge is 2.30. The number of hydrogen-bond acceptors (Lipinski definition) is 2. The van der Waals surface area contributed by atoms with Gasteiger partial charge in [-0.1, -0.05) is 49.4 Å². The second-order valence-corrected chi connectivity index (χ2v) is 5.61. The highest BCUT2D eigenvalue weighted by molar-refractivity contribution is 5.75. The molecule has 0 aromatic heterocycles. The molecule has 0 fully saturated rings. The number of nitrogens with one attached hydrogen (secondary N) is 1. The summed E-state index contributed by atoms with van der Waals surface area (Å²) in [5, 5.41) is 12.3. The molecule has 128 valence electrons. The van der Waals surface area contributed by atoms with E-state index in [1.165, 1.54) is 12.1 Å². The smallest absolute Gasteiger partial charge is 0.416 e. The van der Waals surface area contributed by atoms with Crippen molar-refractivity contribution < 1.29 is 23.1 Å². The minimum atomic E-state index is -4.36. The van der Waals surface area contributed by atoms with Crippen LogP contribution in [0.3, 0.4) is 0 Å². The molecular formula is C18H18F3NO2.